The summed E-state index contributed by atoms with van der Waals surface area (Å²) < 4.78 is 0. The van der Waals surface area contributed by atoms with E-state index in [2.05, 4.69) is 26.0 Å². The van der Waals surface area contributed by atoms with Crippen LogP contribution in [0.2, 0.25) is 0 Å². The van der Waals surface area contributed by atoms with Gasteiger partial charge in [-0.15, -0.1) is 0 Å². The zero-order valence-corrected chi connectivity index (χ0v) is 13.4. The lowest BCUT2D eigenvalue weighted by atomic mass is 9.84. The van der Waals surface area contributed by atoms with Crippen LogP contribution in [0, 0.1) is 0 Å². The second kappa shape index (κ2) is 6.75. The highest BCUT2D eigenvalue weighted by molar-refractivity contribution is 5.97. The highest BCUT2D eigenvalue weighted by atomic mass is 16.3. The Bertz CT molecular complexity index is 635. The topological polar surface area (TPSA) is 40.5 Å². The number of Topliss-reactive ketones (excluding diaryl/α,β-unsaturated/α-hetero) is 1. The number of hydrogen-bond donors (Lipinski definition) is 1. The SMILES string of the molecule is CN(CC(=O)c1cccc(O)c1)CC(C)(C)c1ccccc1. The largest absolute Gasteiger partial charge is 0.508 e. The average molecular weight is 297 g/mol. The van der Waals surface area contributed by atoms with Gasteiger partial charge in [0.05, 0.1) is 6.54 Å². The molecule has 2 aromatic carbocycles. The smallest absolute Gasteiger partial charge is 0.176 e. The number of phenolic OH excluding ortho intramolecular Hbond substituents is 1. The lowest BCUT2D eigenvalue weighted by molar-refractivity contribution is 0.0936. The Labute approximate surface area is 132 Å². The predicted octanol–water partition coefficient (Wildman–Crippen LogP) is 3.48. The van der Waals surface area contributed by atoms with Crippen LogP contribution in [0.5, 0.6) is 5.75 Å². The van der Waals surface area contributed by atoms with Gasteiger partial charge < -0.3 is 5.11 Å². The van der Waals surface area contributed by atoms with Crippen molar-refractivity contribution < 1.29 is 9.90 Å². The second-order valence-corrected chi connectivity index (χ2v) is 6.40. The Hall–Kier alpha value is -2.13. The van der Waals surface area contributed by atoms with Gasteiger partial charge in [-0.3, -0.25) is 9.69 Å². The zero-order chi connectivity index (χ0) is 16.2. The van der Waals surface area contributed by atoms with Crippen molar-refractivity contribution in [2.75, 3.05) is 20.1 Å². The molecule has 2 aromatic rings. The quantitative estimate of drug-likeness (QED) is 0.830. The third kappa shape index (κ3) is 4.18. The highest BCUT2D eigenvalue weighted by Gasteiger charge is 2.23. The third-order valence-corrected chi connectivity index (χ3v) is 3.80. The van der Waals surface area contributed by atoms with E-state index >= 15 is 0 Å². The van der Waals surface area contributed by atoms with Gasteiger partial charge in [-0.05, 0) is 24.7 Å². The van der Waals surface area contributed by atoms with Crippen molar-refractivity contribution in [1.82, 2.24) is 4.90 Å². The number of nitrogens with zero attached hydrogens (tertiary/aromatic N) is 1. The van der Waals surface area contributed by atoms with E-state index in [0.29, 0.717) is 12.1 Å². The van der Waals surface area contributed by atoms with E-state index in [1.165, 1.54) is 11.6 Å². The summed E-state index contributed by atoms with van der Waals surface area (Å²) in [5.41, 5.74) is 1.77. The normalized spacial score (nSPS) is 11.6. The number of ketones is 1. The summed E-state index contributed by atoms with van der Waals surface area (Å²) in [5, 5.41) is 9.47. The lowest BCUT2D eigenvalue weighted by Gasteiger charge is -2.30. The second-order valence-electron chi connectivity index (χ2n) is 6.40. The van der Waals surface area contributed by atoms with Gasteiger partial charge >= 0.3 is 0 Å². The minimum Gasteiger partial charge on any atom is -0.508 e. The fourth-order valence-electron chi connectivity index (χ4n) is 2.73. The molecular weight excluding hydrogens is 274 g/mol. The molecule has 0 aliphatic carbocycles. The lowest BCUT2D eigenvalue weighted by Crippen LogP contribution is -2.37. The molecule has 0 saturated carbocycles. The van der Waals surface area contributed by atoms with Crippen LogP contribution in [-0.4, -0.2) is 35.9 Å². The van der Waals surface area contributed by atoms with Crippen LogP contribution >= 0.6 is 0 Å². The van der Waals surface area contributed by atoms with E-state index in [9.17, 15) is 9.90 Å². The van der Waals surface area contributed by atoms with Gasteiger partial charge in [-0.25, -0.2) is 0 Å². The monoisotopic (exact) mass is 297 g/mol. The molecule has 0 spiro atoms. The van der Waals surface area contributed by atoms with Crippen molar-refractivity contribution in [3.63, 3.8) is 0 Å². The summed E-state index contributed by atoms with van der Waals surface area (Å²) >= 11 is 0. The van der Waals surface area contributed by atoms with Crippen LogP contribution < -0.4 is 0 Å². The van der Waals surface area contributed by atoms with Gasteiger partial charge in [0.15, 0.2) is 5.78 Å². The summed E-state index contributed by atoms with van der Waals surface area (Å²) in [7, 11) is 1.95. The number of likely N-dealkylation sites (N-methyl/N-ethyl adjacent to an activating group) is 1. The molecule has 0 aliphatic heterocycles. The molecule has 0 heterocycles. The van der Waals surface area contributed by atoms with E-state index in [1.54, 1.807) is 18.2 Å². The number of carbonyl (C=O) groups is 1. The molecule has 0 atom stereocenters. The summed E-state index contributed by atoms with van der Waals surface area (Å²) in [5.74, 6) is 0.139. The van der Waals surface area contributed by atoms with Crippen LogP contribution in [0.4, 0.5) is 0 Å². The number of benzene rings is 2. The molecule has 0 fully saturated rings. The number of rotatable bonds is 6. The van der Waals surface area contributed by atoms with E-state index in [1.807, 2.05) is 30.1 Å². The number of phenols is 1. The Balaban J connectivity index is 2.00. The van der Waals surface area contributed by atoms with Gasteiger partial charge in [0.25, 0.3) is 0 Å². The fraction of sp³-hybridized carbons (Fsp3) is 0.316. The first-order valence-electron chi connectivity index (χ1n) is 7.45. The molecule has 2 rings (SSSR count). The first-order valence-corrected chi connectivity index (χ1v) is 7.45. The average Bonchev–Trinajstić information content (AvgIpc) is 2.47. The minimum atomic E-state index is -0.0326. The molecule has 0 aliphatic rings. The maximum atomic E-state index is 12.3. The molecule has 0 bridgehead atoms. The summed E-state index contributed by atoms with van der Waals surface area (Å²) in [4.78, 5) is 14.3. The Kier molecular flexibility index (Phi) is 4.99. The molecule has 22 heavy (non-hydrogen) atoms. The van der Waals surface area contributed by atoms with E-state index in [4.69, 9.17) is 0 Å². The van der Waals surface area contributed by atoms with Crippen molar-refractivity contribution >= 4 is 5.78 Å². The molecule has 0 aromatic heterocycles. The number of carbonyl (C=O) groups excluding carboxylic acids is 1. The van der Waals surface area contributed by atoms with Crippen LogP contribution in [0.3, 0.4) is 0 Å². The van der Waals surface area contributed by atoms with Gasteiger partial charge in [0, 0.05) is 17.5 Å². The molecule has 3 heteroatoms. The molecule has 0 radical (unpaired) electrons. The van der Waals surface area contributed by atoms with Crippen molar-refractivity contribution in [2.24, 2.45) is 0 Å². The molecule has 0 saturated heterocycles. The Morgan fingerprint density at radius 2 is 1.77 bits per heavy atom. The van der Waals surface area contributed by atoms with Crippen LogP contribution in [-0.2, 0) is 5.41 Å². The Morgan fingerprint density at radius 3 is 2.41 bits per heavy atom. The van der Waals surface area contributed by atoms with Crippen molar-refractivity contribution in [2.45, 2.75) is 19.3 Å². The number of hydrogen-bond acceptors (Lipinski definition) is 3. The first kappa shape index (κ1) is 16.2. The maximum Gasteiger partial charge on any atom is 0.176 e. The molecular formula is C19H23NO2. The summed E-state index contributed by atoms with van der Waals surface area (Å²) in [6.07, 6.45) is 0. The van der Waals surface area contributed by atoms with Gasteiger partial charge in [-0.2, -0.15) is 0 Å². The van der Waals surface area contributed by atoms with Crippen molar-refractivity contribution in [3.05, 3.63) is 65.7 Å². The van der Waals surface area contributed by atoms with Crippen molar-refractivity contribution in [1.29, 1.82) is 0 Å². The highest BCUT2D eigenvalue weighted by Crippen LogP contribution is 2.23. The van der Waals surface area contributed by atoms with Crippen LogP contribution in [0.15, 0.2) is 54.6 Å². The number of aromatic hydroxyl groups is 1. The molecule has 0 amide bonds. The van der Waals surface area contributed by atoms with E-state index < -0.39 is 0 Å². The minimum absolute atomic E-state index is 0.0160. The third-order valence-electron chi connectivity index (χ3n) is 3.80. The van der Waals surface area contributed by atoms with E-state index in [-0.39, 0.29) is 16.9 Å². The molecule has 116 valence electrons. The van der Waals surface area contributed by atoms with Gasteiger partial charge in [0.2, 0.25) is 0 Å². The van der Waals surface area contributed by atoms with Crippen molar-refractivity contribution in [3.8, 4) is 5.75 Å². The predicted molar refractivity (Wildman–Crippen MR) is 89.4 cm³/mol. The van der Waals surface area contributed by atoms with Gasteiger partial charge in [-0.1, -0.05) is 56.3 Å². The zero-order valence-electron chi connectivity index (χ0n) is 13.4. The van der Waals surface area contributed by atoms with Crippen LogP contribution in [0.1, 0.15) is 29.8 Å². The van der Waals surface area contributed by atoms with Crippen LogP contribution in [0.25, 0.3) is 0 Å². The summed E-state index contributed by atoms with van der Waals surface area (Å²) in [6.45, 7) is 5.47. The standard InChI is InChI=1S/C19H23NO2/c1-19(2,16-9-5-4-6-10-16)14-20(3)13-18(22)15-8-7-11-17(21)12-15/h4-12,21H,13-14H2,1-3H3. The Morgan fingerprint density at radius 1 is 1.09 bits per heavy atom. The molecule has 0 unspecified atom stereocenters. The fourth-order valence-corrected chi connectivity index (χ4v) is 2.73. The molecule has 1 N–H and O–H groups in total. The molecule has 3 nitrogen and oxygen atoms in total. The first-order chi connectivity index (χ1) is 10.4. The van der Waals surface area contributed by atoms with Gasteiger partial charge in [0.1, 0.15) is 5.75 Å². The van der Waals surface area contributed by atoms with E-state index in [0.717, 1.165) is 6.54 Å². The maximum absolute atomic E-state index is 12.3. The summed E-state index contributed by atoms with van der Waals surface area (Å²) in [6, 6.07) is 16.8.